The normalized spacial score (nSPS) is 28.9. The van der Waals surface area contributed by atoms with Crippen LogP contribution in [-0.2, 0) is 9.59 Å². The molecule has 1 heterocycles. The molecule has 2 aromatic rings. The monoisotopic (exact) mass is 672 g/mol. The number of halogens is 5. The van der Waals surface area contributed by atoms with Crippen molar-refractivity contribution in [1.82, 2.24) is 10.0 Å². The summed E-state index contributed by atoms with van der Waals surface area (Å²) < 4.78 is 13.5. The summed E-state index contributed by atoms with van der Waals surface area (Å²) in [6, 6.07) is 9.57. The fourth-order valence-corrected chi connectivity index (χ4v) is 8.12. The molecule has 11 heteroatoms. The van der Waals surface area contributed by atoms with E-state index in [0.29, 0.717) is 5.02 Å². The van der Waals surface area contributed by atoms with Gasteiger partial charge in [0.15, 0.2) is 5.78 Å². The molecular weight excluding hydrogens is 654 g/mol. The number of carbonyl (C=O) groups is 4. The van der Waals surface area contributed by atoms with Crippen LogP contribution in [-0.4, -0.2) is 55.1 Å². The number of Topliss-reactive ketones (excluding diaryl/α,β-unsaturated/α-hetero) is 1. The van der Waals surface area contributed by atoms with E-state index in [1.54, 1.807) is 0 Å². The minimum absolute atomic E-state index is 0.00959. The number of nitrogens with zero attached hydrogens (tertiary/aromatic N) is 2. The van der Waals surface area contributed by atoms with Gasteiger partial charge in [-0.15, -0.1) is 11.6 Å². The van der Waals surface area contributed by atoms with Crippen molar-refractivity contribution in [2.75, 3.05) is 5.88 Å². The predicted octanol–water partition coefficient (Wildman–Crippen LogP) is 5.49. The second kappa shape index (κ2) is 10.4. The van der Waals surface area contributed by atoms with Crippen molar-refractivity contribution in [3.63, 3.8) is 0 Å². The van der Waals surface area contributed by atoms with Crippen molar-refractivity contribution < 1.29 is 23.6 Å². The molecule has 6 nitrogen and oxygen atoms in total. The molecule has 0 unspecified atom stereocenters. The average Bonchev–Trinajstić information content (AvgIpc) is 3.49. The molecule has 1 saturated heterocycles. The molecule has 3 fully saturated rings. The molecule has 0 radical (unpaired) electrons. The number of rotatable bonds is 7. The maximum atomic E-state index is 13.9. The Kier molecular flexibility index (Phi) is 7.53. The third-order valence-electron chi connectivity index (χ3n) is 7.59. The molecule has 194 valence electrons. The number of ketones is 1. The summed E-state index contributed by atoms with van der Waals surface area (Å²) >= 11 is 19.4. The maximum absolute atomic E-state index is 13.9. The number of amides is 3. The van der Waals surface area contributed by atoms with E-state index in [9.17, 15) is 23.6 Å². The Labute approximate surface area is 239 Å². The van der Waals surface area contributed by atoms with E-state index in [1.807, 2.05) is 0 Å². The van der Waals surface area contributed by atoms with Gasteiger partial charge >= 0.3 is 0 Å². The van der Waals surface area contributed by atoms with E-state index in [1.165, 1.54) is 36.4 Å². The van der Waals surface area contributed by atoms with Crippen LogP contribution in [0, 0.1) is 29.5 Å². The molecule has 2 saturated carbocycles. The lowest BCUT2D eigenvalue weighted by Gasteiger charge is -2.36. The first-order chi connectivity index (χ1) is 17.6. The highest BCUT2D eigenvalue weighted by Crippen LogP contribution is 2.60. The van der Waals surface area contributed by atoms with Crippen LogP contribution in [0.3, 0.4) is 0 Å². The first-order valence-corrected chi connectivity index (χ1v) is 14.5. The van der Waals surface area contributed by atoms with Crippen molar-refractivity contribution in [2.45, 2.75) is 28.5 Å². The number of hydrogen-bond donors (Lipinski definition) is 0. The number of hydrogen-bond acceptors (Lipinski definition) is 4. The molecule has 2 bridgehead atoms. The molecule has 37 heavy (non-hydrogen) atoms. The van der Waals surface area contributed by atoms with Gasteiger partial charge in [0.05, 0.1) is 11.8 Å². The Bertz CT molecular complexity index is 1230. The lowest BCUT2D eigenvalue weighted by molar-refractivity contribution is -0.157. The van der Waals surface area contributed by atoms with E-state index >= 15 is 0 Å². The Morgan fingerprint density at radius 3 is 1.97 bits per heavy atom. The Balaban J connectivity index is 1.59. The highest BCUT2D eigenvalue weighted by molar-refractivity contribution is 9.12. The summed E-state index contributed by atoms with van der Waals surface area (Å²) in [6.45, 7) is 0. The zero-order chi connectivity index (χ0) is 26.6. The summed E-state index contributed by atoms with van der Waals surface area (Å²) in [4.78, 5) is 55.3. The highest BCUT2D eigenvalue weighted by atomic mass is 79.9. The van der Waals surface area contributed by atoms with Crippen molar-refractivity contribution in [3.05, 3.63) is 70.5 Å². The summed E-state index contributed by atoms with van der Waals surface area (Å²) in [5.41, 5.74) is 0.277. The summed E-state index contributed by atoms with van der Waals surface area (Å²) in [6.07, 6.45) is 0.690. The molecule has 0 spiro atoms. The van der Waals surface area contributed by atoms with Crippen LogP contribution in [0.2, 0.25) is 5.02 Å². The van der Waals surface area contributed by atoms with Gasteiger partial charge in [0.2, 0.25) is 0 Å². The standard InChI is InChI=1S/C26H21Br2Cl2FN2O4/c27-21-16-11-17(22(21)28)20-19(16)25(36)33(26(20)37)32(24(35)13-1-5-14(30)6-2-13)18(9-10-29)23(34)12-3-7-15(31)8-4-12/h1-8,16-22H,9-11H2/t16-,17-,18+,19-,20-,21-,22+/m1/s1. The first-order valence-electron chi connectivity index (χ1n) is 11.8. The zero-order valence-electron chi connectivity index (χ0n) is 19.2. The fourth-order valence-electron chi connectivity index (χ4n) is 5.92. The minimum atomic E-state index is -1.27. The first kappa shape index (κ1) is 26.8. The number of alkyl halides is 3. The highest BCUT2D eigenvalue weighted by Gasteiger charge is 2.68. The summed E-state index contributed by atoms with van der Waals surface area (Å²) in [5.74, 6) is -4.14. The molecule has 3 amide bonds. The van der Waals surface area contributed by atoms with E-state index in [-0.39, 0.29) is 44.9 Å². The van der Waals surface area contributed by atoms with E-state index in [2.05, 4.69) is 31.9 Å². The molecule has 0 aromatic heterocycles. The van der Waals surface area contributed by atoms with Crippen molar-refractivity contribution in [1.29, 1.82) is 0 Å². The average molecular weight is 675 g/mol. The van der Waals surface area contributed by atoms with Crippen LogP contribution in [0.25, 0.3) is 0 Å². The van der Waals surface area contributed by atoms with Crippen molar-refractivity contribution in [2.24, 2.45) is 23.7 Å². The molecule has 2 aromatic carbocycles. The fraction of sp³-hybridized carbons (Fsp3) is 0.385. The molecular formula is C26H21Br2Cl2FN2O4. The van der Waals surface area contributed by atoms with Gasteiger partial charge in [-0.05, 0) is 73.2 Å². The second-order valence-electron chi connectivity index (χ2n) is 9.51. The van der Waals surface area contributed by atoms with Crippen LogP contribution in [0.5, 0.6) is 0 Å². The van der Waals surface area contributed by atoms with Crippen LogP contribution in [0.4, 0.5) is 4.39 Å². The van der Waals surface area contributed by atoms with Gasteiger partial charge < -0.3 is 0 Å². The zero-order valence-corrected chi connectivity index (χ0v) is 23.9. The maximum Gasteiger partial charge on any atom is 0.273 e. The topological polar surface area (TPSA) is 74.8 Å². The smallest absolute Gasteiger partial charge is 0.273 e. The molecule has 2 aliphatic carbocycles. The second-order valence-corrected chi connectivity index (χ2v) is 12.4. The predicted molar refractivity (Wildman–Crippen MR) is 143 cm³/mol. The van der Waals surface area contributed by atoms with Gasteiger partial charge in [0, 0.05) is 31.7 Å². The van der Waals surface area contributed by atoms with E-state index in [4.69, 9.17) is 23.2 Å². The van der Waals surface area contributed by atoms with E-state index < -0.39 is 47.2 Å². The van der Waals surface area contributed by atoms with Gasteiger partial charge in [0.25, 0.3) is 17.7 Å². The SMILES string of the molecule is O=C(c1ccc(F)cc1)[C@H](CCCl)N(C(=O)c1ccc(Cl)cc1)N1C(=O)[C@@H]2[C@H]3C[C@@H]([C@@H](Br)[C@H]3Br)[C@H]2C1=O. The Hall–Kier alpha value is -1.81. The quantitative estimate of drug-likeness (QED) is 0.221. The lowest BCUT2D eigenvalue weighted by atomic mass is 9.81. The van der Waals surface area contributed by atoms with Gasteiger partial charge in [-0.2, -0.15) is 5.01 Å². The van der Waals surface area contributed by atoms with E-state index in [0.717, 1.165) is 28.6 Å². The van der Waals surface area contributed by atoms with Gasteiger partial charge in [-0.3, -0.25) is 19.2 Å². The molecule has 1 aliphatic heterocycles. The van der Waals surface area contributed by atoms with Crippen LogP contribution in [0.15, 0.2) is 48.5 Å². The minimum Gasteiger partial charge on any atom is -0.292 e. The van der Waals surface area contributed by atoms with Crippen molar-refractivity contribution >= 4 is 78.6 Å². The number of imide groups is 1. The molecule has 5 rings (SSSR count). The third kappa shape index (κ3) is 4.45. The Morgan fingerprint density at radius 1 is 0.946 bits per heavy atom. The van der Waals surface area contributed by atoms with Gasteiger partial charge in [0.1, 0.15) is 11.9 Å². The Morgan fingerprint density at radius 2 is 1.46 bits per heavy atom. The van der Waals surface area contributed by atoms with Gasteiger partial charge in [-0.1, -0.05) is 43.5 Å². The summed E-state index contributed by atoms with van der Waals surface area (Å²) in [5, 5.41) is 2.23. The molecule has 7 atom stereocenters. The van der Waals surface area contributed by atoms with Crippen LogP contribution >= 0.6 is 55.1 Å². The van der Waals surface area contributed by atoms with Crippen molar-refractivity contribution in [3.8, 4) is 0 Å². The number of carbonyl (C=O) groups excluding carboxylic acids is 4. The third-order valence-corrected chi connectivity index (χ3v) is 11.3. The largest absolute Gasteiger partial charge is 0.292 e. The van der Waals surface area contributed by atoms with Gasteiger partial charge in [-0.25, -0.2) is 9.40 Å². The number of fused-ring (bicyclic) bond motifs is 5. The lowest BCUT2D eigenvalue weighted by Crippen LogP contribution is -2.58. The molecule has 3 aliphatic rings. The molecule has 0 N–H and O–H groups in total. The van der Waals surface area contributed by atoms with Crippen LogP contribution in [0.1, 0.15) is 33.6 Å². The summed E-state index contributed by atoms with van der Waals surface area (Å²) in [7, 11) is 0. The number of benzene rings is 2. The van der Waals surface area contributed by atoms with Crippen LogP contribution < -0.4 is 0 Å². The number of hydrazine groups is 1.